The van der Waals surface area contributed by atoms with Gasteiger partial charge in [-0.25, -0.2) is 13.1 Å². The number of carbonyl (C=O) groups is 1. The summed E-state index contributed by atoms with van der Waals surface area (Å²) in [6.45, 7) is 0.835. The standard InChI is InChI=1S/C15H19F3N2O3S/c1-11-4-2-3-5-13(11)24(22,23)19-14(21)12-6-8-20(9-7-12)10-15(16,17)18/h2-5,12H,6-10H2,1H3,(H,19,21). The van der Waals surface area contributed by atoms with E-state index in [2.05, 4.69) is 0 Å². The molecule has 0 unspecified atom stereocenters. The number of halogens is 3. The van der Waals surface area contributed by atoms with Gasteiger partial charge in [-0.05, 0) is 44.5 Å². The van der Waals surface area contributed by atoms with Gasteiger partial charge in [0.25, 0.3) is 10.0 Å². The van der Waals surface area contributed by atoms with Crippen LogP contribution in [0, 0.1) is 12.8 Å². The van der Waals surface area contributed by atoms with Crippen molar-refractivity contribution in [3.8, 4) is 0 Å². The van der Waals surface area contributed by atoms with E-state index in [0.29, 0.717) is 5.56 Å². The van der Waals surface area contributed by atoms with Crippen LogP contribution in [0.15, 0.2) is 29.2 Å². The summed E-state index contributed by atoms with van der Waals surface area (Å²) in [5.74, 6) is -1.27. The first kappa shape index (κ1) is 18.7. The van der Waals surface area contributed by atoms with Gasteiger partial charge >= 0.3 is 6.18 Å². The molecule has 1 fully saturated rings. The van der Waals surface area contributed by atoms with E-state index in [1.807, 2.05) is 4.72 Å². The highest BCUT2D eigenvalue weighted by Crippen LogP contribution is 2.23. The normalized spacial score (nSPS) is 17.7. The van der Waals surface area contributed by atoms with Crippen LogP contribution in [0.3, 0.4) is 0 Å². The molecule has 1 amide bonds. The molecule has 0 spiro atoms. The average Bonchev–Trinajstić information content (AvgIpc) is 2.46. The van der Waals surface area contributed by atoms with Gasteiger partial charge in [0, 0.05) is 5.92 Å². The van der Waals surface area contributed by atoms with Gasteiger partial charge in [0.1, 0.15) is 0 Å². The van der Waals surface area contributed by atoms with E-state index in [4.69, 9.17) is 0 Å². The first-order valence-corrected chi connectivity index (χ1v) is 8.98. The lowest BCUT2D eigenvalue weighted by molar-refractivity contribution is -0.149. The number of sulfonamides is 1. The quantitative estimate of drug-likeness (QED) is 0.888. The molecule has 0 aromatic heterocycles. The lowest BCUT2D eigenvalue weighted by Gasteiger charge is -2.31. The minimum atomic E-state index is -4.27. The van der Waals surface area contributed by atoms with Crippen LogP contribution >= 0.6 is 0 Å². The highest BCUT2D eigenvalue weighted by atomic mass is 32.2. The largest absolute Gasteiger partial charge is 0.401 e. The van der Waals surface area contributed by atoms with Crippen molar-refractivity contribution >= 4 is 15.9 Å². The van der Waals surface area contributed by atoms with Crippen LogP contribution in [-0.4, -0.2) is 45.0 Å². The lowest BCUT2D eigenvalue weighted by Crippen LogP contribution is -2.44. The first-order valence-electron chi connectivity index (χ1n) is 7.50. The second kappa shape index (κ2) is 7.10. The van der Waals surface area contributed by atoms with E-state index < -0.39 is 34.6 Å². The fourth-order valence-electron chi connectivity index (χ4n) is 2.74. The van der Waals surface area contributed by atoms with Crippen LogP contribution in [0.25, 0.3) is 0 Å². The molecule has 1 saturated heterocycles. The van der Waals surface area contributed by atoms with Gasteiger partial charge in [0.15, 0.2) is 0 Å². The summed E-state index contributed by atoms with van der Waals surface area (Å²) in [4.78, 5) is 13.4. The summed E-state index contributed by atoms with van der Waals surface area (Å²) in [7, 11) is -3.97. The SMILES string of the molecule is Cc1ccccc1S(=O)(=O)NC(=O)C1CCN(CC(F)(F)F)CC1. The molecule has 1 N–H and O–H groups in total. The third-order valence-electron chi connectivity index (χ3n) is 3.98. The summed E-state index contributed by atoms with van der Waals surface area (Å²) in [6.07, 6.45) is -3.88. The Balaban J connectivity index is 1.96. The van der Waals surface area contributed by atoms with Crippen molar-refractivity contribution in [1.82, 2.24) is 9.62 Å². The van der Waals surface area contributed by atoms with Crippen molar-refractivity contribution in [2.75, 3.05) is 19.6 Å². The molecule has 0 saturated carbocycles. The fourth-order valence-corrected chi connectivity index (χ4v) is 4.03. The number of likely N-dealkylation sites (tertiary alicyclic amines) is 1. The zero-order valence-electron chi connectivity index (χ0n) is 13.1. The Morgan fingerprint density at radius 3 is 2.38 bits per heavy atom. The molecule has 1 heterocycles. The Hall–Kier alpha value is -1.61. The monoisotopic (exact) mass is 364 g/mol. The third-order valence-corrected chi connectivity index (χ3v) is 5.49. The number of nitrogens with zero attached hydrogens (tertiary/aromatic N) is 1. The Kier molecular flexibility index (Phi) is 5.54. The van der Waals surface area contributed by atoms with E-state index in [-0.39, 0.29) is 30.8 Å². The van der Waals surface area contributed by atoms with Crippen molar-refractivity contribution in [3.63, 3.8) is 0 Å². The van der Waals surface area contributed by atoms with Crippen molar-refractivity contribution in [2.45, 2.75) is 30.8 Å². The molecule has 0 radical (unpaired) electrons. The van der Waals surface area contributed by atoms with Crippen molar-refractivity contribution < 1.29 is 26.4 Å². The molecular weight excluding hydrogens is 345 g/mol. The maximum Gasteiger partial charge on any atom is 0.401 e. The van der Waals surface area contributed by atoms with E-state index in [0.717, 1.165) is 0 Å². The number of benzene rings is 1. The van der Waals surface area contributed by atoms with Crippen LogP contribution in [0.2, 0.25) is 0 Å². The molecule has 1 aliphatic heterocycles. The molecular formula is C15H19F3N2O3S. The molecule has 0 aliphatic carbocycles. The molecule has 9 heteroatoms. The van der Waals surface area contributed by atoms with Crippen molar-refractivity contribution in [2.24, 2.45) is 5.92 Å². The van der Waals surface area contributed by atoms with Crippen LogP contribution < -0.4 is 4.72 Å². The minimum absolute atomic E-state index is 0.0212. The second-order valence-corrected chi connectivity index (χ2v) is 7.55. The van der Waals surface area contributed by atoms with Crippen LogP contribution in [0.1, 0.15) is 18.4 Å². The Labute approximate surface area is 138 Å². The summed E-state index contributed by atoms with van der Waals surface area (Å²) in [5, 5.41) is 0. The number of alkyl halides is 3. The number of hydrogen-bond acceptors (Lipinski definition) is 4. The summed E-state index contributed by atoms with van der Waals surface area (Å²) in [5.41, 5.74) is 0.512. The number of rotatable bonds is 4. The zero-order valence-corrected chi connectivity index (χ0v) is 14.0. The summed E-state index contributed by atoms with van der Waals surface area (Å²) < 4.78 is 63.6. The lowest BCUT2D eigenvalue weighted by atomic mass is 9.96. The van der Waals surface area contributed by atoms with Gasteiger partial charge in [-0.3, -0.25) is 9.69 Å². The predicted octanol–water partition coefficient (Wildman–Crippen LogP) is 2.07. The van der Waals surface area contributed by atoms with Gasteiger partial charge < -0.3 is 0 Å². The second-order valence-electron chi connectivity index (χ2n) is 5.90. The van der Waals surface area contributed by atoms with Gasteiger partial charge in [-0.1, -0.05) is 18.2 Å². The topological polar surface area (TPSA) is 66.5 Å². The number of amides is 1. The molecule has 134 valence electrons. The highest BCUT2D eigenvalue weighted by Gasteiger charge is 2.34. The van der Waals surface area contributed by atoms with Crippen LogP contribution in [0.5, 0.6) is 0 Å². The molecule has 1 aromatic rings. The van der Waals surface area contributed by atoms with Crippen molar-refractivity contribution in [1.29, 1.82) is 0 Å². The van der Waals surface area contributed by atoms with E-state index in [1.165, 1.54) is 11.0 Å². The fraction of sp³-hybridized carbons (Fsp3) is 0.533. The van der Waals surface area contributed by atoms with Gasteiger partial charge in [0.05, 0.1) is 11.4 Å². The maximum absolute atomic E-state index is 12.3. The van der Waals surface area contributed by atoms with Crippen molar-refractivity contribution in [3.05, 3.63) is 29.8 Å². The molecule has 2 rings (SSSR count). The first-order chi connectivity index (χ1) is 11.1. The molecule has 0 atom stereocenters. The number of hydrogen-bond donors (Lipinski definition) is 1. The summed E-state index contributed by atoms with van der Waals surface area (Å²) in [6, 6.07) is 6.26. The Morgan fingerprint density at radius 2 is 1.83 bits per heavy atom. The molecule has 1 aromatic carbocycles. The van der Waals surface area contributed by atoms with Crippen LogP contribution in [0.4, 0.5) is 13.2 Å². The average molecular weight is 364 g/mol. The number of carbonyl (C=O) groups excluding carboxylic acids is 1. The smallest absolute Gasteiger partial charge is 0.295 e. The Morgan fingerprint density at radius 1 is 1.25 bits per heavy atom. The maximum atomic E-state index is 12.3. The van der Waals surface area contributed by atoms with Gasteiger partial charge in [0.2, 0.25) is 5.91 Å². The number of nitrogens with one attached hydrogen (secondary N) is 1. The molecule has 24 heavy (non-hydrogen) atoms. The van der Waals surface area contributed by atoms with E-state index >= 15 is 0 Å². The minimum Gasteiger partial charge on any atom is -0.295 e. The van der Waals surface area contributed by atoms with Crippen LogP contribution in [-0.2, 0) is 14.8 Å². The number of piperidine rings is 1. The highest BCUT2D eigenvalue weighted by molar-refractivity contribution is 7.90. The molecule has 5 nitrogen and oxygen atoms in total. The zero-order chi connectivity index (χ0) is 18.0. The Bertz CT molecular complexity index is 696. The van der Waals surface area contributed by atoms with Gasteiger partial charge in [-0.2, -0.15) is 13.2 Å². The predicted molar refractivity (Wildman–Crippen MR) is 81.7 cm³/mol. The molecule has 1 aliphatic rings. The van der Waals surface area contributed by atoms with Gasteiger partial charge in [-0.15, -0.1) is 0 Å². The van der Waals surface area contributed by atoms with E-state index in [1.54, 1.807) is 25.1 Å². The number of aryl methyl sites for hydroxylation is 1. The molecule has 0 bridgehead atoms. The third kappa shape index (κ3) is 4.94. The summed E-state index contributed by atoms with van der Waals surface area (Å²) >= 11 is 0. The van der Waals surface area contributed by atoms with E-state index in [9.17, 15) is 26.4 Å².